The Morgan fingerprint density at radius 2 is 1.94 bits per heavy atom. The highest BCUT2D eigenvalue weighted by atomic mass is 16.5. The van der Waals surface area contributed by atoms with Crippen molar-refractivity contribution in [3.8, 4) is 11.5 Å². The standard InChI is InChI=1S/C15H14O3/c1-11(16)14-7-2-3-8-15(14)18-10-12-5-4-6-13(17)9-12/h2-9,17H,10H2,1H3. The quantitative estimate of drug-likeness (QED) is 0.837. The summed E-state index contributed by atoms with van der Waals surface area (Å²) in [6.45, 7) is 1.83. The Labute approximate surface area is 106 Å². The number of hydrogen-bond acceptors (Lipinski definition) is 3. The minimum Gasteiger partial charge on any atom is -0.508 e. The SMILES string of the molecule is CC(=O)c1ccccc1OCc1cccc(O)c1. The van der Waals surface area contributed by atoms with E-state index in [1.165, 1.54) is 6.92 Å². The number of para-hydroxylation sites is 1. The van der Waals surface area contributed by atoms with Crippen molar-refractivity contribution in [3.05, 3.63) is 59.7 Å². The third kappa shape index (κ3) is 2.88. The molecule has 0 aliphatic heterocycles. The van der Waals surface area contributed by atoms with Crippen LogP contribution in [-0.4, -0.2) is 10.9 Å². The zero-order valence-electron chi connectivity index (χ0n) is 10.1. The number of ether oxygens (including phenoxy) is 1. The van der Waals surface area contributed by atoms with Crippen LogP contribution in [0.2, 0.25) is 0 Å². The minimum absolute atomic E-state index is 0.0264. The van der Waals surface area contributed by atoms with Crippen LogP contribution >= 0.6 is 0 Å². The van der Waals surface area contributed by atoms with Gasteiger partial charge in [0, 0.05) is 0 Å². The zero-order valence-corrected chi connectivity index (χ0v) is 10.1. The van der Waals surface area contributed by atoms with Crippen LogP contribution in [0.3, 0.4) is 0 Å². The van der Waals surface area contributed by atoms with E-state index < -0.39 is 0 Å². The first-order chi connectivity index (χ1) is 8.66. The number of rotatable bonds is 4. The van der Waals surface area contributed by atoms with Crippen LogP contribution in [0.5, 0.6) is 11.5 Å². The molecule has 0 aromatic heterocycles. The molecule has 0 bridgehead atoms. The Hall–Kier alpha value is -2.29. The van der Waals surface area contributed by atoms with E-state index in [0.29, 0.717) is 17.9 Å². The van der Waals surface area contributed by atoms with E-state index in [4.69, 9.17) is 4.74 Å². The Morgan fingerprint density at radius 1 is 1.17 bits per heavy atom. The van der Waals surface area contributed by atoms with Gasteiger partial charge in [-0.2, -0.15) is 0 Å². The topological polar surface area (TPSA) is 46.5 Å². The molecule has 2 aromatic rings. The Balaban J connectivity index is 2.13. The molecule has 0 heterocycles. The monoisotopic (exact) mass is 242 g/mol. The molecule has 0 saturated heterocycles. The van der Waals surface area contributed by atoms with Crippen LogP contribution in [-0.2, 0) is 6.61 Å². The smallest absolute Gasteiger partial charge is 0.163 e. The van der Waals surface area contributed by atoms with Gasteiger partial charge in [-0.05, 0) is 36.8 Å². The number of phenols is 1. The van der Waals surface area contributed by atoms with Crippen LogP contribution in [0.1, 0.15) is 22.8 Å². The molecule has 1 N–H and O–H groups in total. The third-order valence-corrected chi connectivity index (χ3v) is 2.57. The van der Waals surface area contributed by atoms with Crippen LogP contribution in [0.15, 0.2) is 48.5 Å². The number of benzene rings is 2. The molecule has 0 atom stereocenters. The van der Waals surface area contributed by atoms with Crippen LogP contribution < -0.4 is 4.74 Å². The van der Waals surface area contributed by atoms with E-state index in [2.05, 4.69) is 0 Å². The summed E-state index contributed by atoms with van der Waals surface area (Å²) >= 11 is 0. The number of carbonyl (C=O) groups excluding carboxylic acids is 1. The van der Waals surface area contributed by atoms with E-state index in [-0.39, 0.29) is 11.5 Å². The highest BCUT2D eigenvalue weighted by Gasteiger charge is 2.07. The van der Waals surface area contributed by atoms with Crippen LogP contribution in [0.25, 0.3) is 0 Å². The number of hydrogen-bond donors (Lipinski definition) is 1. The lowest BCUT2D eigenvalue weighted by molar-refractivity contribution is 0.101. The minimum atomic E-state index is -0.0264. The first kappa shape index (κ1) is 12.2. The Bertz CT molecular complexity index is 561. The van der Waals surface area contributed by atoms with Crippen molar-refractivity contribution in [2.24, 2.45) is 0 Å². The number of Topliss-reactive ketones (excluding diaryl/α,β-unsaturated/α-hetero) is 1. The molecule has 0 amide bonds. The molecule has 0 radical (unpaired) electrons. The van der Waals surface area contributed by atoms with Crippen LogP contribution in [0, 0.1) is 0 Å². The molecular formula is C15H14O3. The maximum Gasteiger partial charge on any atom is 0.163 e. The van der Waals surface area contributed by atoms with E-state index >= 15 is 0 Å². The molecule has 0 saturated carbocycles. The summed E-state index contributed by atoms with van der Waals surface area (Å²) in [5.41, 5.74) is 1.42. The predicted octanol–water partition coefficient (Wildman–Crippen LogP) is 3.17. The number of carbonyl (C=O) groups is 1. The summed E-state index contributed by atoms with van der Waals surface area (Å²) in [7, 11) is 0. The van der Waals surface area contributed by atoms with Crippen LogP contribution in [0.4, 0.5) is 0 Å². The van der Waals surface area contributed by atoms with Gasteiger partial charge < -0.3 is 9.84 Å². The van der Waals surface area contributed by atoms with Gasteiger partial charge in [0.1, 0.15) is 18.1 Å². The van der Waals surface area contributed by atoms with E-state index in [1.807, 2.05) is 12.1 Å². The van der Waals surface area contributed by atoms with Gasteiger partial charge >= 0.3 is 0 Å². The second kappa shape index (κ2) is 5.36. The Morgan fingerprint density at radius 3 is 2.67 bits per heavy atom. The lowest BCUT2D eigenvalue weighted by Crippen LogP contribution is -2.01. The van der Waals surface area contributed by atoms with Gasteiger partial charge in [0.05, 0.1) is 5.56 Å². The van der Waals surface area contributed by atoms with E-state index in [9.17, 15) is 9.90 Å². The van der Waals surface area contributed by atoms with Crippen molar-refractivity contribution in [1.82, 2.24) is 0 Å². The largest absolute Gasteiger partial charge is 0.508 e. The number of aromatic hydroxyl groups is 1. The summed E-state index contributed by atoms with van der Waals surface area (Å²) in [6.07, 6.45) is 0. The molecule has 92 valence electrons. The fraction of sp³-hybridized carbons (Fsp3) is 0.133. The fourth-order valence-electron chi connectivity index (χ4n) is 1.69. The lowest BCUT2D eigenvalue weighted by atomic mass is 10.1. The molecule has 3 heteroatoms. The molecule has 2 aromatic carbocycles. The Kier molecular flexibility index (Phi) is 3.63. The average Bonchev–Trinajstić information content (AvgIpc) is 2.37. The first-order valence-electron chi connectivity index (χ1n) is 5.67. The molecular weight excluding hydrogens is 228 g/mol. The summed E-state index contributed by atoms with van der Waals surface area (Å²) in [5.74, 6) is 0.741. The maximum absolute atomic E-state index is 11.4. The molecule has 0 unspecified atom stereocenters. The van der Waals surface area contributed by atoms with Crippen molar-refractivity contribution >= 4 is 5.78 Å². The summed E-state index contributed by atoms with van der Waals surface area (Å²) < 4.78 is 5.61. The third-order valence-electron chi connectivity index (χ3n) is 2.57. The van der Waals surface area contributed by atoms with Gasteiger partial charge in [-0.1, -0.05) is 24.3 Å². The van der Waals surface area contributed by atoms with Gasteiger partial charge in [-0.15, -0.1) is 0 Å². The van der Waals surface area contributed by atoms with Gasteiger partial charge in [0.15, 0.2) is 5.78 Å². The van der Waals surface area contributed by atoms with E-state index in [0.717, 1.165) is 5.56 Å². The van der Waals surface area contributed by atoms with Crippen molar-refractivity contribution in [3.63, 3.8) is 0 Å². The fourth-order valence-corrected chi connectivity index (χ4v) is 1.69. The molecule has 18 heavy (non-hydrogen) atoms. The van der Waals surface area contributed by atoms with Crippen molar-refractivity contribution in [2.45, 2.75) is 13.5 Å². The number of phenolic OH excluding ortho intramolecular Hbond substituents is 1. The second-order valence-electron chi connectivity index (χ2n) is 4.01. The molecule has 0 fully saturated rings. The van der Waals surface area contributed by atoms with Crippen molar-refractivity contribution < 1.29 is 14.6 Å². The van der Waals surface area contributed by atoms with Crippen molar-refractivity contribution in [2.75, 3.05) is 0 Å². The summed E-state index contributed by atoms with van der Waals surface area (Å²) in [4.78, 5) is 11.4. The summed E-state index contributed by atoms with van der Waals surface area (Å²) in [6, 6.07) is 14.0. The van der Waals surface area contributed by atoms with Crippen molar-refractivity contribution in [1.29, 1.82) is 0 Å². The highest BCUT2D eigenvalue weighted by Crippen LogP contribution is 2.20. The highest BCUT2D eigenvalue weighted by molar-refractivity contribution is 5.96. The summed E-state index contributed by atoms with van der Waals surface area (Å²) in [5, 5.41) is 9.34. The molecule has 3 nitrogen and oxygen atoms in total. The van der Waals surface area contributed by atoms with Gasteiger partial charge in [-0.25, -0.2) is 0 Å². The molecule has 0 spiro atoms. The van der Waals surface area contributed by atoms with E-state index in [1.54, 1.807) is 36.4 Å². The normalized spacial score (nSPS) is 10.1. The zero-order chi connectivity index (χ0) is 13.0. The molecule has 0 aliphatic rings. The first-order valence-corrected chi connectivity index (χ1v) is 5.67. The lowest BCUT2D eigenvalue weighted by Gasteiger charge is -2.09. The van der Waals surface area contributed by atoms with Gasteiger partial charge in [0.25, 0.3) is 0 Å². The van der Waals surface area contributed by atoms with Gasteiger partial charge in [0.2, 0.25) is 0 Å². The maximum atomic E-state index is 11.4. The molecule has 0 aliphatic carbocycles. The predicted molar refractivity (Wildman–Crippen MR) is 68.9 cm³/mol. The number of ketones is 1. The van der Waals surface area contributed by atoms with Gasteiger partial charge in [-0.3, -0.25) is 4.79 Å². The second-order valence-corrected chi connectivity index (χ2v) is 4.01. The molecule has 2 rings (SSSR count). The average molecular weight is 242 g/mol.